The van der Waals surface area contributed by atoms with Crippen LogP contribution in [0.5, 0.6) is 0 Å². The van der Waals surface area contributed by atoms with Gasteiger partial charge in [-0.2, -0.15) is 23.4 Å². The molecule has 0 atom stereocenters. The van der Waals surface area contributed by atoms with Crippen LogP contribution in [0.15, 0.2) is 60.9 Å². The van der Waals surface area contributed by atoms with Crippen molar-refractivity contribution in [2.75, 3.05) is 11.9 Å². The predicted molar refractivity (Wildman–Crippen MR) is 109 cm³/mol. The number of imidazole rings is 1. The zero-order valence-electron chi connectivity index (χ0n) is 16.3. The smallest absolute Gasteiger partial charge is 0.329 e. The summed E-state index contributed by atoms with van der Waals surface area (Å²) in [6.07, 6.45) is -0.938. The van der Waals surface area contributed by atoms with E-state index in [1.54, 1.807) is 29.7 Å². The molecule has 2 amide bonds. The van der Waals surface area contributed by atoms with Gasteiger partial charge in [-0.1, -0.05) is 12.1 Å². The average molecular weight is 426 g/mol. The molecule has 4 aromatic rings. The van der Waals surface area contributed by atoms with Gasteiger partial charge in [-0.3, -0.25) is 4.40 Å². The third kappa shape index (κ3) is 4.80. The maximum Gasteiger partial charge on any atom is 0.405 e. The lowest BCUT2D eigenvalue weighted by atomic mass is 10.1. The number of anilines is 1. The Bertz CT molecular complexity index is 1230. The van der Waals surface area contributed by atoms with E-state index in [2.05, 4.69) is 20.5 Å². The van der Waals surface area contributed by atoms with Gasteiger partial charge in [-0.15, -0.1) is 0 Å². The number of hydrogen-bond donors (Lipinski definition) is 2. The molecule has 3 heterocycles. The van der Waals surface area contributed by atoms with Gasteiger partial charge < -0.3 is 10.6 Å². The molecular weight excluding hydrogens is 409 g/mol. The second kappa shape index (κ2) is 8.05. The van der Waals surface area contributed by atoms with Crippen LogP contribution >= 0.6 is 0 Å². The highest BCUT2D eigenvalue weighted by atomic mass is 19.4. The van der Waals surface area contributed by atoms with Crippen molar-refractivity contribution in [1.29, 1.82) is 0 Å². The summed E-state index contributed by atoms with van der Waals surface area (Å²) in [5.41, 5.74) is 4.98. The number of carbonyl (C=O) groups excluding carboxylic acids is 1. The lowest BCUT2D eigenvalue weighted by Crippen LogP contribution is -2.36. The summed E-state index contributed by atoms with van der Waals surface area (Å²) in [5, 5.41) is 12.4. The molecule has 0 spiro atoms. The van der Waals surface area contributed by atoms with Crippen molar-refractivity contribution in [1.82, 2.24) is 24.9 Å². The Kier molecular flexibility index (Phi) is 5.28. The molecule has 0 radical (unpaired) electrons. The first kappa shape index (κ1) is 20.3. The van der Waals surface area contributed by atoms with Gasteiger partial charge in [0.25, 0.3) is 0 Å². The van der Waals surface area contributed by atoms with Crippen molar-refractivity contribution < 1.29 is 18.0 Å². The van der Waals surface area contributed by atoms with Crippen LogP contribution in [-0.2, 0) is 0 Å². The molecule has 7 nitrogen and oxygen atoms in total. The van der Waals surface area contributed by atoms with Gasteiger partial charge in [0.05, 0.1) is 23.3 Å². The number of halogens is 3. The minimum atomic E-state index is -4.47. The Morgan fingerprint density at radius 2 is 1.90 bits per heavy atom. The van der Waals surface area contributed by atoms with E-state index in [-0.39, 0.29) is 0 Å². The molecule has 10 heteroatoms. The Morgan fingerprint density at radius 3 is 2.65 bits per heavy atom. The Morgan fingerprint density at radius 1 is 1.06 bits per heavy atom. The Balaban J connectivity index is 1.57. The number of aryl methyl sites for hydroxylation is 1. The predicted octanol–water partition coefficient (Wildman–Crippen LogP) is 4.45. The van der Waals surface area contributed by atoms with Crippen LogP contribution in [0.3, 0.4) is 0 Å². The molecule has 0 saturated carbocycles. The number of aromatic nitrogens is 4. The van der Waals surface area contributed by atoms with Gasteiger partial charge in [0.1, 0.15) is 12.2 Å². The number of nitrogens with zero attached hydrogens (tertiary/aromatic N) is 4. The van der Waals surface area contributed by atoms with E-state index in [4.69, 9.17) is 0 Å². The molecule has 0 aliphatic heterocycles. The van der Waals surface area contributed by atoms with Gasteiger partial charge in [0.15, 0.2) is 0 Å². The van der Waals surface area contributed by atoms with Crippen molar-refractivity contribution in [2.24, 2.45) is 0 Å². The van der Waals surface area contributed by atoms with E-state index < -0.39 is 18.8 Å². The largest absolute Gasteiger partial charge is 0.405 e. The molecule has 0 unspecified atom stereocenters. The van der Waals surface area contributed by atoms with E-state index in [9.17, 15) is 18.0 Å². The first-order valence-electron chi connectivity index (χ1n) is 9.28. The monoisotopic (exact) mass is 426 g/mol. The minimum Gasteiger partial charge on any atom is -0.329 e. The normalized spacial score (nSPS) is 11.5. The highest BCUT2D eigenvalue weighted by Gasteiger charge is 2.27. The SMILES string of the molecule is Cc1ccc(-c2ccn3c(-c4cccc(NC(=O)NCC(F)(F)F)c4)cnc3c2)nn1. The molecule has 158 valence electrons. The van der Waals surface area contributed by atoms with Crippen molar-refractivity contribution in [3.8, 4) is 22.5 Å². The number of benzene rings is 1. The summed E-state index contributed by atoms with van der Waals surface area (Å²) in [7, 11) is 0. The number of hydrogen-bond acceptors (Lipinski definition) is 4. The molecule has 0 aliphatic rings. The summed E-state index contributed by atoms with van der Waals surface area (Å²) in [6, 6.07) is 13.4. The number of carbonyl (C=O) groups is 1. The zero-order chi connectivity index (χ0) is 22.0. The third-order valence-electron chi connectivity index (χ3n) is 4.47. The van der Waals surface area contributed by atoms with E-state index in [1.807, 2.05) is 47.9 Å². The molecule has 1 aromatic carbocycles. The molecule has 0 aliphatic carbocycles. The fraction of sp³-hybridized carbons (Fsp3) is 0.143. The lowest BCUT2D eigenvalue weighted by molar-refractivity contribution is -0.122. The molecule has 3 aromatic heterocycles. The van der Waals surface area contributed by atoms with Gasteiger partial charge >= 0.3 is 12.2 Å². The second-order valence-electron chi connectivity index (χ2n) is 6.85. The Hall–Kier alpha value is -3.95. The summed E-state index contributed by atoms with van der Waals surface area (Å²) >= 11 is 0. The van der Waals surface area contributed by atoms with Gasteiger partial charge in [0, 0.05) is 23.0 Å². The fourth-order valence-corrected chi connectivity index (χ4v) is 3.02. The van der Waals surface area contributed by atoms with E-state index in [0.717, 1.165) is 28.2 Å². The maximum atomic E-state index is 12.2. The molecular formula is C21H17F3N6O. The average Bonchev–Trinajstić information content (AvgIpc) is 3.16. The molecule has 2 N–H and O–H groups in total. The number of alkyl halides is 3. The van der Waals surface area contributed by atoms with Gasteiger partial charge in [-0.25, -0.2) is 9.78 Å². The minimum absolute atomic E-state index is 0.360. The molecule has 0 bridgehead atoms. The summed E-state index contributed by atoms with van der Waals surface area (Å²) < 4.78 is 38.6. The second-order valence-corrected chi connectivity index (χ2v) is 6.85. The summed E-state index contributed by atoms with van der Waals surface area (Å²) in [6.45, 7) is 0.462. The zero-order valence-corrected chi connectivity index (χ0v) is 16.3. The number of urea groups is 1. The fourth-order valence-electron chi connectivity index (χ4n) is 3.02. The number of rotatable bonds is 4. The van der Waals surface area contributed by atoms with Crippen LogP contribution in [-0.4, -0.2) is 38.3 Å². The number of amides is 2. The molecule has 4 rings (SSSR count). The van der Waals surface area contributed by atoms with Crippen LogP contribution in [0.2, 0.25) is 0 Å². The van der Waals surface area contributed by atoms with Gasteiger partial charge in [-0.05, 0) is 43.3 Å². The maximum absolute atomic E-state index is 12.2. The van der Waals surface area contributed by atoms with Crippen LogP contribution in [0.4, 0.5) is 23.7 Å². The highest BCUT2D eigenvalue weighted by molar-refractivity contribution is 5.90. The van der Waals surface area contributed by atoms with Gasteiger partial charge in [0.2, 0.25) is 0 Å². The van der Waals surface area contributed by atoms with Crippen molar-refractivity contribution in [3.63, 3.8) is 0 Å². The first-order valence-corrected chi connectivity index (χ1v) is 9.28. The van der Waals surface area contributed by atoms with E-state index in [0.29, 0.717) is 11.3 Å². The lowest BCUT2D eigenvalue weighted by Gasteiger charge is -2.11. The summed E-state index contributed by atoms with van der Waals surface area (Å²) in [4.78, 5) is 16.1. The van der Waals surface area contributed by atoms with Crippen LogP contribution in [0.25, 0.3) is 28.2 Å². The van der Waals surface area contributed by atoms with Crippen LogP contribution in [0.1, 0.15) is 5.69 Å². The quantitative estimate of drug-likeness (QED) is 0.505. The number of pyridine rings is 1. The summed E-state index contributed by atoms with van der Waals surface area (Å²) in [5.74, 6) is 0. The van der Waals surface area contributed by atoms with Crippen molar-refractivity contribution in [3.05, 3.63) is 66.6 Å². The molecule has 0 saturated heterocycles. The van der Waals surface area contributed by atoms with Crippen molar-refractivity contribution in [2.45, 2.75) is 13.1 Å². The standard InChI is InChI=1S/C21H17F3N6O/c1-13-5-6-17(29-28-13)14-7-8-30-18(11-25-19(30)10-14)15-3-2-4-16(9-15)27-20(31)26-12-21(22,23)24/h2-11H,12H2,1H3,(H2,26,27,31). The van der Waals surface area contributed by atoms with Crippen LogP contribution in [0, 0.1) is 6.92 Å². The van der Waals surface area contributed by atoms with E-state index in [1.165, 1.54) is 0 Å². The molecule has 0 fully saturated rings. The first-order chi connectivity index (χ1) is 14.8. The van der Waals surface area contributed by atoms with Crippen molar-refractivity contribution >= 4 is 17.4 Å². The number of fused-ring (bicyclic) bond motifs is 1. The van der Waals surface area contributed by atoms with E-state index >= 15 is 0 Å². The Labute approximate surface area is 175 Å². The molecule has 31 heavy (non-hydrogen) atoms. The highest BCUT2D eigenvalue weighted by Crippen LogP contribution is 2.26. The third-order valence-corrected chi connectivity index (χ3v) is 4.47. The van der Waals surface area contributed by atoms with Crippen LogP contribution < -0.4 is 10.6 Å². The topological polar surface area (TPSA) is 84.2 Å². The number of nitrogens with one attached hydrogen (secondary N) is 2.